The fraction of sp³-hybridized carbons (Fsp3) is 0.481. The van der Waals surface area contributed by atoms with E-state index in [1.807, 2.05) is 0 Å². The van der Waals surface area contributed by atoms with E-state index in [1.165, 1.54) is 24.4 Å². The van der Waals surface area contributed by atoms with Crippen LogP contribution < -0.4 is 22.1 Å². The minimum Gasteiger partial charge on any atom is -0.353 e. The molecule has 9 heteroatoms. The molecule has 0 spiro atoms. The van der Waals surface area contributed by atoms with Crippen LogP contribution in [0.25, 0.3) is 10.2 Å². The number of aryl methyl sites for hydroxylation is 1. The number of carbonyl (C=O) groups is 2. The maximum Gasteiger partial charge on any atom is 0.311 e. The summed E-state index contributed by atoms with van der Waals surface area (Å²) in [6.07, 6.45) is 2.49. The molecule has 0 fully saturated rings. The Morgan fingerprint density at radius 2 is 1.81 bits per heavy atom. The molecule has 1 aromatic carbocycles. The van der Waals surface area contributed by atoms with E-state index in [1.54, 1.807) is 11.3 Å². The van der Waals surface area contributed by atoms with Gasteiger partial charge in [-0.15, -0.1) is 24.5 Å². The lowest BCUT2D eigenvalue weighted by Crippen LogP contribution is -2.39. The van der Waals surface area contributed by atoms with Crippen LogP contribution in [-0.4, -0.2) is 37.1 Å². The highest BCUT2D eigenvalue weighted by atomic mass is 32.1. The average Bonchev–Trinajstić information content (AvgIpc) is 3.31. The monoisotopic (exact) mass is 516 g/mol. The number of nitrogens with one attached hydrogen (secondary N) is 2. The minimum absolute atomic E-state index is 0.00756. The Bertz CT molecular complexity index is 980. The maximum atomic E-state index is 12.4. The number of urea groups is 1. The summed E-state index contributed by atoms with van der Waals surface area (Å²) in [5, 5.41) is 15.2. The van der Waals surface area contributed by atoms with E-state index in [9.17, 15) is 9.59 Å². The van der Waals surface area contributed by atoms with Gasteiger partial charge in [-0.2, -0.15) is 5.26 Å². The number of fused-ring (bicyclic) bond motifs is 1. The van der Waals surface area contributed by atoms with Crippen LogP contribution in [0.4, 0.5) is 4.79 Å². The number of thiazole rings is 1. The number of hydrogen-bond acceptors (Lipinski definition) is 6. The SMILES string of the molecule is C=C.C=C(C#N)CC(NC(=O)CCc1nc2ccc(C(C)C)cc2s1)C(C)CC.CN.CNC(N)=O. The number of hydrogen-bond donors (Lipinski definition) is 4. The third-order valence-electron chi connectivity index (χ3n) is 5.24. The lowest BCUT2D eigenvalue weighted by atomic mass is 9.93. The van der Waals surface area contributed by atoms with Crippen LogP contribution in [0.15, 0.2) is 43.5 Å². The molecule has 3 amide bonds. The van der Waals surface area contributed by atoms with E-state index in [-0.39, 0.29) is 11.9 Å². The second-order valence-electron chi connectivity index (χ2n) is 8.08. The molecule has 0 bridgehead atoms. The zero-order valence-corrected chi connectivity index (χ0v) is 23.5. The second kappa shape index (κ2) is 20.0. The van der Waals surface area contributed by atoms with Crippen molar-refractivity contribution in [1.29, 1.82) is 5.26 Å². The lowest BCUT2D eigenvalue weighted by molar-refractivity contribution is -0.122. The highest BCUT2D eigenvalue weighted by Gasteiger charge is 2.19. The van der Waals surface area contributed by atoms with Crippen molar-refractivity contribution < 1.29 is 9.59 Å². The Labute approximate surface area is 220 Å². The molecule has 36 heavy (non-hydrogen) atoms. The van der Waals surface area contributed by atoms with Crippen LogP contribution in [0.2, 0.25) is 0 Å². The first-order valence-electron chi connectivity index (χ1n) is 11.9. The molecule has 200 valence electrons. The summed E-state index contributed by atoms with van der Waals surface area (Å²) in [5.74, 6) is 0.801. The van der Waals surface area contributed by atoms with E-state index < -0.39 is 6.03 Å². The summed E-state index contributed by atoms with van der Waals surface area (Å²) >= 11 is 1.67. The summed E-state index contributed by atoms with van der Waals surface area (Å²) in [5.41, 5.74) is 11.9. The summed E-state index contributed by atoms with van der Waals surface area (Å²) in [4.78, 5) is 26.6. The van der Waals surface area contributed by atoms with E-state index in [2.05, 4.69) is 98.8 Å². The first kappa shape index (κ1) is 34.9. The zero-order chi connectivity index (χ0) is 28.3. The van der Waals surface area contributed by atoms with E-state index >= 15 is 0 Å². The number of benzene rings is 1. The lowest BCUT2D eigenvalue weighted by Gasteiger charge is -2.24. The number of amides is 3. The van der Waals surface area contributed by atoms with Gasteiger partial charge in [0.2, 0.25) is 5.91 Å². The standard InChI is InChI=1S/C22H29N3OS.C2H6N2O.C2H4.CH5N/c1-6-16(5)19(11-15(4)13-23)24-21(26)9-10-22-25-18-8-7-17(14(2)3)12-20(18)27-22;1-4-2(3)5;2*1-2/h7-8,12,14,16,19H,4,6,9-11H2,1-3,5H3,(H,24,26);1H3,(H3,3,4,5);1-2H2;2H2,1H3. The molecule has 2 unspecified atom stereocenters. The summed E-state index contributed by atoms with van der Waals surface area (Å²) in [7, 11) is 2.97. The number of rotatable bonds is 9. The Balaban J connectivity index is 0. The van der Waals surface area contributed by atoms with Gasteiger partial charge < -0.3 is 22.1 Å². The van der Waals surface area contributed by atoms with Crippen LogP contribution in [0, 0.1) is 17.2 Å². The molecule has 2 rings (SSSR count). The third kappa shape index (κ3) is 13.6. The minimum atomic E-state index is -0.495. The molecular weight excluding hydrogens is 472 g/mol. The first-order chi connectivity index (χ1) is 17.1. The van der Waals surface area contributed by atoms with Crippen molar-refractivity contribution >= 4 is 33.5 Å². The van der Waals surface area contributed by atoms with Crippen LogP contribution in [0.3, 0.4) is 0 Å². The van der Waals surface area contributed by atoms with Crippen molar-refractivity contribution in [2.45, 2.75) is 65.3 Å². The van der Waals surface area contributed by atoms with Crippen molar-refractivity contribution in [1.82, 2.24) is 15.6 Å². The molecule has 0 aliphatic heterocycles. The van der Waals surface area contributed by atoms with Gasteiger partial charge in [0.25, 0.3) is 0 Å². The quantitative estimate of drug-likeness (QED) is 0.273. The fourth-order valence-electron chi connectivity index (χ4n) is 2.94. The summed E-state index contributed by atoms with van der Waals surface area (Å²) in [6.45, 7) is 18.3. The zero-order valence-electron chi connectivity index (χ0n) is 22.7. The van der Waals surface area contributed by atoms with Gasteiger partial charge in [0.15, 0.2) is 0 Å². The topological polar surface area (TPSA) is 147 Å². The largest absolute Gasteiger partial charge is 0.353 e. The Hall–Kier alpha value is -3.22. The number of nitriles is 1. The Kier molecular flexibility index (Phi) is 19.4. The second-order valence-corrected chi connectivity index (χ2v) is 9.20. The van der Waals surface area contributed by atoms with Crippen LogP contribution in [0.5, 0.6) is 0 Å². The van der Waals surface area contributed by atoms with Crippen molar-refractivity contribution in [2.75, 3.05) is 14.1 Å². The van der Waals surface area contributed by atoms with Gasteiger partial charge in [-0.25, -0.2) is 9.78 Å². The van der Waals surface area contributed by atoms with Gasteiger partial charge in [-0.3, -0.25) is 4.79 Å². The number of nitrogens with two attached hydrogens (primary N) is 2. The molecule has 1 heterocycles. The number of primary amides is 1. The first-order valence-corrected chi connectivity index (χ1v) is 12.7. The van der Waals surface area contributed by atoms with Gasteiger partial charge in [0.1, 0.15) is 0 Å². The molecule has 0 aliphatic carbocycles. The van der Waals surface area contributed by atoms with Gasteiger partial charge in [0.05, 0.1) is 21.3 Å². The van der Waals surface area contributed by atoms with Crippen molar-refractivity contribution in [3.8, 4) is 6.07 Å². The average molecular weight is 517 g/mol. The summed E-state index contributed by atoms with van der Waals surface area (Å²) in [6, 6.07) is 7.94. The van der Waals surface area contributed by atoms with Crippen LogP contribution in [0.1, 0.15) is 63.4 Å². The van der Waals surface area contributed by atoms with Crippen molar-refractivity contribution in [3.63, 3.8) is 0 Å². The van der Waals surface area contributed by atoms with Crippen molar-refractivity contribution in [3.05, 3.63) is 54.1 Å². The van der Waals surface area contributed by atoms with E-state index in [0.29, 0.717) is 36.7 Å². The van der Waals surface area contributed by atoms with Crippen LogP contribution >= 0.6 is 11.3 Å². The Morgan fingerprint density at radius 3 is 2.28 bits per heavy atom. The molecule has 2 atom stereocenters. The molecule has 6 N–H and O–H groups in total. The van der Waals surface area contributed by atoms with Gasteiger partial charge >= 0.3 is 6.03 Å². The van der Waals surface area contributed by atoms with E-state index in [4.69, 9.17) is 5.26 Å². The van der Waals surface area contributed by atoms with Gasteiger partial charge in [-0.1, -0.05) is 46.8 Å². The third-order valence-corrected chi connectivity index (χ3v) is 6.32. The molecule has 1 aromatic heterocycles. The molecule has 0 aliphatic rings. The molecular formula is C27H44N6O2S. The highest BCUT2D eigenvalue weighted by Crippen LogP contribution is 2.27. The smallest absolute Gasteiger partial charge is 0.311 e. The fourth-order valence-corrected chi connectivity index (χ4v) is 3.96. The molecule has 2 aromatic rings. The normalized spacial score (nSPS) is 11.2. The molecule has 8 nitrogen and oxygen atoms in total. The van der Waals surface area contributed by atoms with Crippen molar-refractivity contribution in [2.24, 2.45) is 17.4 Å². The molecule has 0 saturated heterocycles. The number of carbonyl (C=O) groups excluding carboxylic acids is 2. The predicted octanol–water partition coefficient (Wildman–Crippen LogP) is 5.01. The summed E-state index contributed by atoms with van der Waals surface area (Å²) < 4.78 is 1.18. The Morgan fingerprint density at radius 1 is 1.22 bits per heavy atom. The van der Waals surface area contributed by atoms with E-state index in [0.717, 1.165) is 16.9 Å². The van der Waals surface area contributed by atoms with Crippen LogP contribution in [-0.2, 0) is 11.2 Å². The predicted molar refractivity (Wildman–Crippen MR) is 153 cm³/mol. The van der Waals surface area contributed by atoms with Gasteiger partial charge in [0, 0.05) is 37.9 Å². The maximum absolute atomic E-state index is 12.4. The number of nitrogens with zero attached hydrogens (tertiary/aromatic N) is 2. The molecule has 0 radical (unpaired) electrons. The highest BCUT2D eigenvalue weighted by molar-refractivity contribution is 7.18. The number of aromatic nitrogens is 1. The van der Waals surface area contributed by atoms with Gasteiger partial charge in [-0.05, 0) is 36.6 Å². The molecule has 0 saturated carbocycles.